The molecule has 3 atom stereocenters. The standard InChI is InChI=1S/C23H31FN4O3S/c1-4-18(32(29)30)7-5-6-9-28-20(26-21-15(3)25-23(24)27-22(21)28)13-17-12-19-16(8-10-31-19)11-14(17)2/h11-12,18,23,27H,4-10,13H2,1-3H3,(H,29,30)/p-1. The Morgan fingerprint density at radius 3 is 2.94 bits per heavy atom. The number of aromatic nitrogens is 2. The topological polar surface area (TPSA) is 91.6 Å². The highest BCUT2D eigenvalue weighted by molar-refractivity contribution is 7.79. The molecule has 0 saturated carbocycles. The first-order chi connectivity index (χ1) is 15.4. The number of aryl methyl sites for hydroxylation is 1. The summed E-state index contributed by atoms with van der Waals surface area (Å²) in [7, 11) is 0. The number of anilines is 1. The number of hydrogen-bond donors (Lipinski definition) is 1. The van der Waals surface area contributed by atoms with Gasteiger partial charge in [-0.05, 0) is 55.9 Å². The van der Waals surface area contributed by atoms with Gasteiger partial charge in [-0.3, -0.25) is 4.21 Å². The van der Waals surface area contributed by atoms with Gasteiger partial charge in [-0.1, -0.05) is 30.5 Å². The average Bonchev–Trinajstić information content (AvgIpc) is 3.32. The van der Waals surface area contributed by atoms with Crippen molar-refractivity contribution in [2.24, 2.45) is 4.99 Å². The van der Waals surface area contributed by atoms with E-state index < -0.39 is 17.5 Å². The van der Waals surface area contributed by atoms with Gasteiger partial charge in [0.05, 0.1) is 12.3 Å². The summed E-state index contributed by atoms with van der Waals surface area (Å²) in [6, 6.07) is 4.28. The molecule has 2 aromatic rings. The third-order valence-electron chi connectivity index (χ3n) is 6.33. The van der Waals surface area contributed by atoms with Gasteiger partial charge in [0.2, 0.25) is 0 Å². The zero-order valence-electron chi connectivity index (χ0n) is 18.8. The molecule has 0 fully saturated rings. The number of imidazole rings is 1. The molecule has 1 aromatic carbocycles. The summed E-state index contributed by atoms with van der Waals surface area (Å²) in [5.74, 6) is 2.42. The molecule has 0 saturated heterocycles. The summed E-state index contributed by atoms with van der Waals surface area (Å²) in [6.45, 7) is 7.11. The van der Waals surface area contributed by atoms with E-state index in [-0.39, 0.29) is 5.25 Å². The lowest BCUT2D eigenvalue weighted by Gasteiger charge is -2.20. The van der Waals surface area contributed by atoms with Crippen LogP contribution in [0.15, 0.2) is 17.1 Å². The number of hydrogen-bond acceptors (Lipinski definition) is 6. The molecule has 0 spiro atoms. The van der Waals surface area contributed by atoms with E-state index >= 15 is 0 Å². The average molecular weight is 462 g/mol. The van der Waals surface area contributed by atoms with Crippen molar-refractivity contribution in [2.75, 3.05) is 11.9 Å². The van der Waals surface area contributed by atoms with Gasteiger partial charge in [0, 0.05) is 24.6 Å². The summed E-state index contributed by atoms with van der Waals surface area (Å²) in [5.41, 5.74) is 4.81. The third-order valence-corrected chi connectivity index (χ3v) is 7.45. The van der Waals surface area contributed by atoms with Crippen molar-refractivity contribution in [3.8, 4) is 5.75 Å². The number of nitrogens with one attached hydrogen (secondary N) is 1. The summed E-state index contributed by atoms with van der Waals surface area (Å²) in [4.78, 5) is 8.79. The van der Waals surface area contributed by atoms with Crippen LogP contribution < -0.4 is 10.1 Å². The van der Waals surface area contributed by atoms with Crippen molar-refractivity contribution in [3.63, 3.8) is 0 Å². The van der Waals surface area contributed by atoms with Crippen molar-refractivity contribution in [1.29, 1.82) is 0 Å². The maximum absolute atomic E-state index is 14.1. The Labute approximate surface area is 190 Å². The van der Waals surface area contributed by atoms with Crippen molar-refractivity contribution in [3.05, 3.63) is 40.3 Å². The van der Waals surface area contributed by atoms with Gasteiger partial charge in [0.15, 0.2) is 0 Å². The van der Waals surface area contributed by atoms with Crippen molar-refractivity contribution in [1.82, 2.24) is 9.55 Å². The van der Waals surface area contributed by atoms with Crippen LogP contribution in [-0.2, 0) is 30.5 Å². The molecule has 7 nitrogen and oxygen atoms in total. The molecule has 1 aromatic heterocycles. The lowest BCUT2D eigenvalue weighted by molar-refractivity contribution is 0.356. The Morgan fingerprint density at radius 1 is 1.38 bits per heavy atom. The molecule has 3 heterocycles. The maximum Gasteiger partial charge on any atom is 0.265 e. The lowest BCUT2D eigenvalue weighted by atomic mass is 10.0. The molecule has 174 valence electrons. The summed E-state index contributed by atoms with van der Waals surface area (Å²) in [6.07, 6.45) is 2.84. The van der Waals surface area contributed by atoms with Gasteiger partial charge in [-0.2, -0.15) is 4.39 Å². The molecule has 3 unspecified atom stereocenters. The van der Waals surface area contributed by atoms with Crippen LogP contribution in [0.2, 0.25) is 0 Å². The molecular formula is C23H30FN4O3S-. The van der Waals surface area contributed by atoms with Crippen molar-refractivity contribution in [2.45, 2.75) is 77.5 Å². The van der Waals surface area contributed by atoms with Gasteiger partial charge in [0.1, 0.15) is 23.1 Å². The number of benzene rings is 1. The largest absolute Gasteiger partial charge is 0.772 e. The first-order valence-electron chi connectivity index (χ1n) is 11.3. The van der Waals surface area contributed by atoms with E-state index in [4.69, 9.17) is 9.72 Å². The van der Waals surface area contributed by atoms with E-state index in [2.05, 4.69) is 29.4 Å². The summed E-state index contributed by atoms with van der Waals surface area (Å²) >= 11 is -2.05. The molecule has 0 radical (unpaired) electrons. The van der Waals surface area contributed by atoms with E-state index in [1.54, 1.807) is 6.92 Å². The lowest BCUT2D eigenvalue weighted by Crippen LogP contribution is -2.23. The van der Waals surface area contributed by atoms with E-state index in [0.29, 0.717) is 49.6 Å². The van der Waals surface area contributed by atoms with Crippen LogP contribution in [-0.4, -0.2) is 42.3 Å². The van der Waals surface area contributed by atoms with E-state index in [1.807, 2.05) is 11.5 Å². The number of nitrogens with zero attached hydrogens (tertiary/aromatic N) is 3. The quantitative estimate of drug-likeness (QED) is 0.346. The normalized spacial score (nSPS) is 18.9. The Hall–Kier alpha value is -2.26. The second-order valence-electron chi connectivity index (χ2n) is 8.52. The Morgan fingerprint density at radius 2 is 2.19 bits per heavy atom. The molecule has 2 aliphatic heterocycles. The van der Waals surface area contributed by atoms with Crippen LogP contribution >= 0.6 is 0 Å². The zero-order chi connectivity index (χ0) is 22.8. The van der Waals surface area contributed by atoms with Crippen LogP contribution in [0.5, 0.6) is 5.75 Å². The van der Waals surface area contributed by atoms with Crippen LogP contribution in [0, 0.1) is 6.92 Å². The van der Waals surface area contributed by atoms with Gasteiger partial charge < -0.3 is 19.2 Å². The minimum atomic E-state index is -2.05. The fourth-order valence-corrected chi connectivity index (χ4v) is 5.11. The minimum absolute atomic E-state index is 0.317. The number of aliphatic imine (C=N–C) groups is 1. The molecule has 9 heteroatoms. The molecule has 2 aliphatic rings. The van der Waals surface area contributed by atoms with E-state index in [9.17, 15) is 13.2 Å². The third kappa shape index (κ3) is 4.73. The van der Waals surface area contributed by atoms with Crippen LogP contribution in [0.25, 0.3) is 0 Å². The van der Waals surface area contributed by atoms with Crippen molar-refractivity contribution >= 4 is 22.6 Å². The minimum Gasteiger partial charge on any atom is -0.772 e. The number of halogens is 1. The monoisotopic (exact) mass is 461 g/mol. The smallest absolute Gasteiger partial charge is 0.265 e. The molecule has 1 N–H and O–H groups in total. The highest BCUT2D eigenvalue weighted by atomic mass is 32.2. The molecular weight excluding hydrogens is 431 g/mol. The molecule has 0 amide bonds. The number of ether oxygens (including phenoxy) is 1. The van der Waals surface area contributed by atoms with Crippen LogP contribution in [0.1, 0.15) is 67.7 Å². The Balaban J connectivity index is 1.58. The fraction of sp³-hybridized carbons (Fsp3) is 0.565. The first-order valence-corrected chi connectivity index (χ1v) is 12.4. The Bertz CT molecular complexity index is 1050. The van der Waals surface area contributed by atoms with Crippen LogP contribution in [0.3, 0.4) is 0 Å². The predicted molar refractivity (Wildman–Crippen MR) is 123 cm³/mol. The fourth-order valence-electron chi connectivity index (χ4n) is 4.48. The number of unbranched alkanes of at least 4 members (excludes halogenated alkanes) is 1. The number of fused-ring (bicyclic) bond motifs is 2. The van der Waals surface area contributed by atoms with Gasteiger partial charge >= 0.3 is 0 Å². The molecule has 4 rings (SSSR count). The summed E-state index contributed by atoms with van der Waals surface area (Å²) in [5, 5.41) is 2.51. The first kappa shape index (κ1) is 22.9. The highest BCUT2D eigenvalue weighted by Gasteiger charge is 2.26. The second-order valence-corrected chi connectivity index (χ2v) is 9.71. The van der Waals surface area contributed by atoms with Gasteiger partial charge in [-0.25, -0.2) is 9.98 Å². The van der Waals surface area contributed by atoms with Crippen molar-refractivity contribution < 1.29 is 17.9 Å². The molecule has 32 heavy (non-hydrogen) atoms. The van der Waals surface area contributed by atoms with Gasteiger partial charge in [0.25, 0.3) is 6.42 Å². The maximum atomic E-state index is 14.1. The second kappa shape index (κ2) is 9.70. The number of rotatable bonds is 9. The van der Waals surface area contributed by atoms with E-state index in [0.717, 1.165) is 36.4 Å². The van der Waals surface area contributed by atoms with Crippen LogP contribution in [0.4, 0.5) is 10.2 Å². The SMILES string of the molecule is CCC(CCCCn1c(Cc2cc3c(cc2C)CCO3)nc2c1NC(F)N=C2C)S(=O)[O-]. The predicted octanol–water partition coefficient (Wildman–Crippen LogP) is 4.03. The van der Waals surface area contributed by atoms with Gasteiger partial charge in [-0.15, -0.1) is 0 Å². The summed E-state index contributed by atoms with van der Waals surface area (Å²) < 4.78 is 44.5. The molecule has 0 bridgehead atoms. The zero-order valence-corrected chi connectivity index (χ0v) is 19.6. The highest BCUT2D eigenvalue weighted by Crippen LogP contribution is 2.31. The Kier molecular flexibility index (Phi) is 6.95. The van der Waals surface area contributed by atoms with E-state index in [1.165, 1.54) is 11.1 Å². The number of alkyl halides is 1. The molecule has 0 aliphatic carbocycles.